The van der Waals surface area contributed by atoms with Crippen LogP contribution in [0.3, 0.4) is 0 Å². The number of nitrogen functional groups attached to an aromatic ring is 1. The number of carbonyl (C=O) groups is 2. The van der Waals surface area contributed by atoms with Crippen molar-refractivity contribution in [2.45, 2.75) is 27.3 Å². The van der Waals surface area contributed by atoms with Gasteiger partial charge in [-0.25, -0.2) is 4.79 Å². The van der Waals surface area contributed by atoms with Gasteiger partial charge in [-0.3, -0.25) is 4.79 Å². The fraction of sp³-hybridized carbons (Fsp3) is 0.333. The fourth-order valence-electron chi connectivity index (χ4n) is 2.19. The number of nitrogens with two attached hydrogens (primary N) is 1. The van der Waals surface area contributed by atoms with Crippen molar-refractivity contribution in [3.63, 3.8) is 0 Å². The third-order valence-electron chi connectivity index (χ3n) is 3.43. The van der Waals surface area contributed by atoms with Crippen LogP contribution < -0.4 is 11.1 Å². The first-order valence-corrected chi connectivity index (χ1v) is 8.60. The van der Waals surface area contributed by atoms with E-state index in [1.807, 2.05) is 44.2 Å². The minimum absolute atomic E-state index is 0.250. The summed E-state index contributed by atoms with van der Waals surface area (Å²) in [6.07, 6.45) is 0. The van der Waals surface area contributed by atoms with Gasteiger partial charge in [0.2, 0.25) is 0 Å². The van der Waals surface area contributed by atoms with Gasteiger partial charge in [-0.1, -0.05) is 44.2 Å². The van der Waals surface area contributed by atoms with Crippen LogP contribution in [0.4, 0.5) is 5.00 Å². The molecule has 2 rings (SSSR count). The summed E-state index contributed by atoms with van der Waals surface area (Å²) in [6.45, 7) is 6.39. The van der Waals surface area contributed by atoms with Gasteiger partial charge >= 0.3 is 5.97 Å². The van der Waals surface area contributed by atoms with E-state index in [0.29, 0.717) is 34.2 Å². The lowest BCUT2D eigenvalue weighted by molar-refractivity contribution is 0.0464. The van der Waals surface area contributed by atoms with Crippen molar-refractivity contribution < 1.29 is 14.3 Å². The normalized spacial score (nSPS) is 10.7. The van der Waals surface area contributed by atoms with Crippen molar-refractivity contribution in [2.75, 3.05) is 12.3 Å². The summed E-state index contributed by atoms with van der Waals surface area (Å²) >= 11 is 1.09. The van der Waals surface area contributed by atoms with Crippen molar-refractivity contribution in [2.24, 2.45) is 5.92 Å². The molecule has 1 heterocycles. The summed E-state index contributed by atoms with van der Waals surface area (Å²) in [5.41, 5.74) is 7.87. The topological polar surface area (TPSA) is 81.4 Å². The van der Waals surface area contributed by atoms with E-state index in [-0.39, 0.29) is 11.8 Å². The number of anilines is 1. The van der Waals surface area contributed by atoms with Gasteiger partial charge in [-0.15, -0.1) is 11.3 Å². The molecule has 1 amide bonds. The van der Waals surface area contributed by atoms with Gasteiger partial charge in [-0.05, 0) is 24.0 Å². The Morgan fingerprint density at radius 1 is 1.25 bits per heavy atom. The molecule has 0 aliphatic rings. The van der Waals surface area contributed by atoms with Crippen LogP contribution in [0.2, 0.25) is 0 Å². The highest BCUT2D eigenvalue weighted by atomic mass is 32.1. The molecule has 0 aliphatic heterocycles. The Morgan fingerprint density at radius 2 is 1.92 bits per heavy atom. The lowest BCUT2D eigenvalue weighted by Gasteiger charge is -2.07. The third-order valence-corrected chi connectivity index (χ3v) is 4.53. The van der Waals surface area contributed by atoms with Crippen LogP contribution in [-0.2, 0) is 11.3 Å². The maximum absolute atomic E-state index is 12.4. The monoisotopic (exact) mass is 346 g/mol. The minimum Gasteiger partial charge on any atom is -0.461 e. The third kappa shape index (κ3) is 4.35. The quantitative estimate of drug-likeness (QED) is 0.786. The molecule has 3 N–H and O–H groups in total. The molecule has 1 aromatic carbocycles. The lowest BCUT2D eigenvalue weighted by Crippen LogP contribution is -2.24. The predicted octanol–water partition coefficient (Wildman–Crippen LogP) is 3.38. The van der Waals surface area contributed by atoms with Gasteiger partial charge in [0.1, 0.15) is 4.88 Å². The summed E-state index contributed by atoms with van der Waals surface area (Å²) in [4.78, 5) is 25.0. The van der Waals surface area contributed by atoms with E-state index in [1.165, 1.54) is 0 Å². The van der Waals surface area contributed by atoms with Gasteiger partial charge < -0.3 is 15.8 Å². The Bertz CT molecular complexity index is 723. The molecule has 0 bridgehead atoms. The molecule has 1 aromatic heterocycles. The first-order chi connectivity index (χ1) is 11.4. The highest BCUT2D eigenvalue weighted by Crippen LogP contribution is 2.31. The zero-order valence-electron chi connectivity index (χ0n) is 14.1. The number of thiophene rings is 1. The summed E-state index contributed by atoms with van der Waals surface area (Å²) in [6, 6.07) is 9.60. The molecular weight excluding hydrogens is 324 g/mol. The van der Waals surface area contributed by atoms with E-state index >= 15 is 0 Å². The van der Waals surface area contributed by atoms with Crippen LogP contribution in [0.25, 0.3) is 0 Å². The largest absolute Gasteiger partial charge is 0.461 e. The lowest BCUT2D eigenvalue weighted by atomic mass is 10.1. The van der Waals surface area contributed by atoms with Crippen LogP contribution in [-0.4, -0.2) is 18.5 Å². The van der Waals surface area contributed by atoms with Crippen molar-refractivity contribution in [1.82, 2.24) is 5.32 Å². The van der Waals surface area contributed by atoms with Gasteiger partial charge in [0, 0.05) is 6.54 Å². The number of hydrogen-bond acceptors (Lipinski definition) is 5. The van der Waals surface area contributed by atoms with Crippen LogP contribution >= 0.6 is 11.3 Å². The van der Waals surface area contributed by atoms with Crippen LogP contribution in [0.5, 0.6) is 0 Å². The Kier molecular flexibility index (Phi) is 5.98. The second-order valence-corrected chi connectivity index (χ2v) is 7.01. The molecule has 24 heavy (non-hydrogen) atoms. The highest BCUT2D eigenvalue weighted by Gasteiger charge is 2.24. The molecule has 5 nitrogen and oxygen atoms in total. The summed E-state index contributed by atoms with van der Waals surface area (Å²) in [5.74, 6) is -0.465. The Hall–Kier alpha value is -2.34. The highest BCUT2D eigenvalue weighted by molar-refractivity contribution is 7.18. The van der Waals surface area contributed by atoms with E-state index in [0.717, 1.165) is 16.9 Å². The second-order valence-electron chi connectivity index (χ2n) is 5.96. The van der Waals surface area contributed by atoms with Crippen LogP contribution in [0.15, 0.2) is 30.3 Å². The number of hydrogen-bond donors (Lipinski definition) is 2. The van der Waals surface area contributed by atoms with Gasteiger partial charge in [-0.2, -0.15) is 0 Å². The number of amides is 1. The molecule has 0 fully saturated rings. The standard InChI is InChI=1S/C18H22N2O3S/c1-11(2)10-23-18(22)15-12(3)14(16(19)24-15)17(21)20-9-13-7-5-4-6-8-13/h4-8,11H,9-10,19H2,1-3H3,(H,20,21). The van der Waals surface area contributed by atoms with E-state index in [4.69, 9.17) is 10.5 Å². The molecule has 2 aromatic rings. The molecular formula is C18H22N2O3S. The average molecular weight is 346 g/mol. The van der Waals surface area contributed by atoms with Crippen molar-refractivity contribution in [3.8, 4) is 0 Å². The molecule has 0 radical (unpaired) electrons. The fourth-order valence-corrected chi connectivity index (χ4v) is 3.15. The smallest absolute Gasteiger partial charge is 0.348 e. The van der Waals surface area contributed by atoms with Crippen LogP contribution in [0, 0.1) is 12.8 Å². The summed E-state index contributed by atoms with van der Waals surface area (Å²) in [5, 5.41) is 3.16. The van der Waals surface area contributed by atoms with Gasteiger partial charge in [0.25, 0.3) is 5.91 Å². The van der Waals surface area contributed by atoms with E-state index in [2.05, 4.69) is 5.32 Å². The Labute approximate surface area is 145 Å². The van der Waals surface area contributed by atoms with Crippen molar-refractivity contribution in [3.05, 3.63) is 51.9 Å². The number of nitrogens with one attached hydrogen (secondary N) is 1. The molecule has 0 atom stereocenters. The molecule has 0 unspecified atom stereocenters. The Balaban J connectivity index is 2.10. The number of benzene rings is 1. The van der Waals surface area contributed by atoms with E-state index in [1.54, 1.807) is 6.92 Å². The van der Waals surface area contributed by atoms with E-state index in [9.17, 15) is 9.59 Å². The molecule has 0 saturated heterocycles. The zero-order chi connectivity index (χ0) is 17.7. The predicted molar refractivity (Wildman–Crippen MR) is 96.2 cm³/mol. The van der Waals surface area contributed by atoms with Gasteiger partial charge in [0.15, 0.2) is 0 Å². The van der Waals surface area contributed by atoms with Crippen LogP contribution in [0.1, 0.15) is 45.0 Å². The maximum atomic E-state index is 12.4. The number of carbonyl (C=O) groups excluding carboxylic acids is 2. The van der Waals surface area contributed by atoms with Crippen molar-refractivity contribution >= 4 is 28.2 Å². The number of esters is 1. The Morgan fingerprint density at radius 3 is 2.54 bits per heavy atom. The zero-order valence-corrected chi connectivity index (χ0v) is 14.9. The second kappa shape index (κ2) is 7.97. The molecule has 0 saturated carbocycles. The average Bonchev–Trinajstić information content (AvgIpc) is 2.86. The SMILES string of the molecule is Cc1c(C(=O)OCC(C)C)sc(N)c1C(=O)NCc1ccccc1. The van der Waals surface area contributed by atoms with Crippen molar-refractivity contribution in [1.29, 1.82) is 0 Å². The molecule has 128 valence electrons. The molecule has 6 heteroatoms. The minimum atomic E-state index is -0.431. The maximum Gasteiger partial charge on any atom is 0.348 e. The van der Waals surface area contributed by atoms with Gasteiger partial charge in [0.05, 0.1) is 17.2 Å². The summed E-state index contributed by atoms with van der Waals surface area (Å²) < 4.78 is 5.23. The molecule has 0 aliphatic carbocycles. The first-order valence-electron chi connectivity index (χ1n) is 7.78. The molecule has 0 spiro atoms. The number of ether oxygens (including phenoxy) is 1. The first kappa shape index (κ1) is 18.0. The number of rotatable bonds is 6. The summed E-state index contributed by atoms with van der Waals surface area (Å²) in [7, 11) is 0. The van der Waals surface area contributed by atoms with E-state index < -0.39 is 5.97 Å².